The normalized spacial score (nSPS) is 24.1. The Morgan fingerprint density at radius 3 is 2.19 bits per heavy atom. The molecule has 0 unspecified atom stereocenters. The summed E-state index contributed by atoms with van der Waals surface area (Å²) >= 11 is 0. The van der Waals surface area contributed by atoms with E-state index in [1.54, 1.807) is 11.9 Å². The van der Waals surface area contributed by atoms with Gasteiger partial charge in [0.25, 0.3) is 0 Å². The highest BCUT2D eigenvalue weighted by molar-refractivity contribution is 5.85. The molecular weight excluding hydrogens is 686 g/mol. The maximum Gasteiger partial charge on any atom is 0.222 e. The number of aromatic nitrogens is 4. The second-order valence-corrected chi connectivity index (χ2v) is 15.2. The lowest BCUT2D eigenvalue weighted by atomic mass is 9.85. The first kappa shape index (κ1) is 39.8. The van der Waals surface area contributed by atoms with Crippen molar-refractivity contribution in [2.75, 3.05) is 26.8 Å². The van der Waals surface area contributed by atoms with Crippen LogP contribution in [0.5, 0.6) is 0 Å². The molecule has 1 amide bonds. The van der Waals surface area contributed by atoms with Crippen LogP contribution in [0.1, 0.15) is 109 Å². The van der Waals surface area contributed by atoms with Crippen LogP contribution in [0.25, 0.3) is 33.7 Å². The number of rotatable bonds is 11. The molecule has 0 aromatic carbocycles. The molecule has 1 fully saturated rings. The molecule has 292 valence electrons. The number of H-pyrrole nitrogens is 2. The molecule has 12 nitrogen and oxygen atoms in total. The average molecular weight is 744 g/mol. The van der Waals surface area contributed by atoms with Crippen LogP contribution in [0.4, 0.5) is 0 Å². The summed E-state index contributed by atoms with van der Waals surface area (Å²) in [6.07, 6.45) is -1.29. The second kappa shape index (κ2) is 16.4. The van der Waals surface area contributed by atoms with Gasteiger partial charge in [-0.3, -0.25) is 9.78 Å². The van der Waals surface area contributed by atoms with Crippen molar-refractivity contribution < 1.29 is 34.7 Å². The van der Waals surface area contributed by atoms with Gasteiger partial charge in [-0.05, 0) is 111 Å². The summed E-state index contributed by atoms with van der Waals surface area (Å²) in [4.78, 5) is 33.0. The third kappa shape index (κ3) is 7.65. The second-order valence-electron chi connectivity index (χ2n) is 15.2. The first-order valence-electron chi connectivity index (χ1n) is 19.3. The number of aryl methyl sites for hydroxylation is 4. The smallest absolute Gasteiger partial charge is 0.222 e. The van der Waals surface area contributed by atoms with Crippen LogP contribution in [0.2, 0.25) is 0 Å². The fourth-order valence-corrected chi connectivity index (χ4v) is 8.21. The number of aliphatic hydroxyl groups is 4. The monoisotopic (exact) mass is 743 g/mol. The van der Waals surface area contributed by atoms with Crippen LogP contribution in [0.15, 0.2) is 18.2 Å². The Hall–Kier alpha value is -3.91. The molecule has 3 aromatic rings. The number of nitrogens with zero attached hydrogens (tertiary/aromatic N) is 3. The molecular formula is C42H57N5O7. The van der Waals surface area contributed by atoms with Crippen molar-refractivity contribution in [2.45, 2.75) is 123 Å². The number of hydrogen-bond acceptors (Lipinski definition) is 9. The van der Waals surface area contributed by atoms with E-state index in [4.69, 9.17) is 19.4 Å². The van der Waals surface area contributed by atoms with Crippen LogP contribution < -0.4 is 0 Å². The zero-order chi connectivity index (χ0) is 39.0. The van der Waals surface area contributed by atoms with Gasteiger partial charge in [0.1, 0.15) is 24.4 Å². The van der Waals surface area contributed by atoms with Crippen molar-refractivity contribution in [3.63, 3.8) is 0 Å². The Morgan fingerprint density at radius 2 is 1.54 bits per heavy atom. The van der Waals surface area contributed by atoms with Gasteiger partial charge in [0, 0.05) is 65.3 Å². The first-order valence-corrected chi connectivity index (χ1v) is 19.3. The van der Waals surface area contributed by atoms with E-state index in [0.717, 1.165) is 68.8 Å². The first-order chi connectivity index (χ1) is 25.8. The van der Waals surface area contributed by atoms with Crippen LogP contribution >= 0.6 is 0 Å². The number of allylic oxidation sites excluding steroid dienone is 1. The predicted octanol–water partition coefficient (Wildman–Crippen LogP) is 5.26. The summed E-state index contributed by atoms with van der Waals surface area (Å²) in [5.74, 6) is 0.0788. The molecule has 3 aliphatic heterocycles. The molecule has 0 aliphatic carbocycles. The minimum atomic E-state index is -1.50. The number of fused-ring (bicyclic) bond motifs is 8. The van der Waals surface area contributed by atoms with Crippen molar-refractivity contribution in [1.82, 2.24) is 24.8 Å². The average Bonchev–Trinajstić information content (AvgIpc) is 3.86. The van der Waals surface area contributed by atoms with Crippen molar-refractivity contribution in [1.29, 1.82) is 0 Å². The third-order valence-electron chi connectivity index (χ3n) is 11.8. The topological polar surface area (TPSA) is 177 Å². The fraction of sp³-hybridized carbons (Fsp3) is 0.548. The molecule has 3 aliphatic rings. The zero-order valence-corrected chi connectivity index (χ0v) is 32.9. The number of aromatic amines is 2. The highest BCUT2D eigenvalue weighted by Gasteiger charge is 2.44. The van der Waals surface area contributed by atoms with Crippen molar-refractivity contribution in [3.05, 3.63) is 68.8 Å². The molecule has 54 heavy (non-hydrogen) atoms. The lowest BCUT2D eigenvalue weighted by Crippen LogP contribution is -2.59. The molecule has 3 aromatic heterocycles. The number of hydrogen-bond donors (Lipinski definition) is 6. The summed E-state index contributed by atoms with van der Waals surface area (Å²) in [5.41, 5.74) is 15.2. The summed E-state index contributed by atoms with van der Waals surface area (Å²) in [6.45, 7) is 15.2. The molecule has 0 radical (unpaired) electrons. The van der Waals surface area contributed by atoms with Crippen molar-refractivity contribution in [2.24, 2.45) is 0 Å². The van der Waals surface area contributed by atoms with E-state index in [1.165, 1.54) is 22.3 Å². The fourth-order valence-electron chi connectivity index (χ4n) is 8.21. The SMILES string of the molecule is CCc1c(C)c2cc3[nH]c(cc4nc(c(C)c5nc(cc1[nH]2)C(C)=C5)[C@@H](CCC(=O)N(C)CCCO[C@@H]1O[C@H](CO)[C@@H](O)[C@H](O)[C@H]1O)[C@@H]4C)c(C)c3CC. The number of aliphatic hydroxyl groups excluding tert-OH is 4. The van der Waals surface area contributed by atoms with Gasteiger partial charge in [0.2, 0.25) is 5.91 Å². The minimum Gasteiger partial charge on any atom is -0.394 e. The van der Waals surface area contributed by atoms with Gasteiger partial charge in [0.05, 0.1) is 24.6 Å². The highest BCUT2D eigenvalue weighted by Crippen LogP contribution is 2.42. The van der Waals surface area contributed by atoms with Gasteiger partial charge in [-0.15, -0.1) is 0 Å². The Kier molecular flexibility index (Phi) is 12.1. The summed E-state index contributed by atoms with van der Waals surface area (Å²) in [5, 5.41) is 39.7. The lowest BCUT2D eigenvalue weighted by Gasteiger charge is -2.39. The largest absolute Gasteiger partial charge is 0.394 e. The van der Waals surface area contributed by atoms with Gasteiger partial charge in [-0.2, -0.15) is 0 Å². The minimum absolute atomic E-state index is 0.00200. The molecule has 6 heterocycles. The highest BCUT2D eigenvalue weighted by atomic mass is 16.7. The Balaban J connectivity index is 1.27. The number of ether oxygens (including phenoxy) is 2. The van der Waals surface area contributed by atoms with E-state index in [2.05, 4.69) is 82.7 Å². The molecule has 0 spiro atoms. The van der Waals surface area contributed by atoms with E-state index in [9.17, 15) is 25.2 Å². The van der Waals surface area contributed by atoms with E-state index in [-0.39, 0.29) is 24.3 Å². The van der Waals surface area contributed by atoms with E-state index in [1.807, 2.05) is 0 Å². The molecule has 0 saturated carbocycles. The molecule has 7 atom stereocenters. The predicted molar refractivity (Wildman–Crippen MR) is 210 cm³/mol. The van der Waals surface area contributed by atoms with Crippen molar-refractivity contribution in [3.8, 4) is 0 Å². The van der Waals surface area contributed by atoms with Gasteiger partial charge in [-0.25, -0.2) is 4.98 Å². The number of amides is 1. The molecule has 1 saturated heterocycles. The number of carbonyl (C=O) groups excluding carboxylic acids is 1. The van der Waals surface area contributed by atoms with Crippen LogP contribution in [-0.2, 0) is 27.1 Å². The summed E-state index contributed by atoms with van der Waals surface area (Å²) < 4.78 is 11.0. The molecule has 6 N–H and O–H groups in total. The quantitative estimate of drug-likeness (QED) is 0.143. The van der Waals surface area contributed by atoms with E-state index >= 15 is 0 Å². The van der Waals surface area contributed by atoms with Crippen LogP contribution in [0.3, 0.4) is 0 Å². The van der Waals surface area contributed by atoms with E-state index in [0.29, 0.717) is 25.8 Å². The lowest BCUT2D eigenvalue weighted by molar-refractivity contribution is -0.301. The van der Waals surface area contributed by atoms with Gasteiger partial charge in [-0.1, -0.05) is 20.8 Å². The van der Waals surface area contributed by atoms with Gasteiger partial charge in [0.15, 0.2) is 6.29 Å². The summed E-state index contributed by atoms with van der Waals surface area (Å²) in [7, 11) is 1.76. The van der Waals surface area contributed by atoms with Gasteiger partial charge < -0.3 is 44.8 Å². The van der Waals surface area contributed by atoms with Crippen LogP contribution in [-0.4, -0.2) is 109 Å². The number of carbonyl (C=O) groups is 1. The Bertz CT molecular complexity index is 2070. The molecule has 6 rings (SSSR count). The molecule has 8 bridgehead atoms. The molecule has 12 heteroatoms. The number of nitrogens with one attached hydrogen (secondary N) is 2. The maximum absolute atomic E-state index is 13.5. The zero-order valence-electron chi connectivity index (χ0n) is 32.9. The van der Waals surface area contributed by atoms with Crippen molar-refractivity contribution >= 4 is 39.6 Å². The van der Waals surface area contributed by atoms with E-state index < -0.39 is 37.3 Å². The Labute approximate surface area is 317 Å². The standard InChI is InChI=1S/C42H57N5O7/c1-9-26-23(5)32-19-35-27(10-2)22(4)31(44-35)18-33-24(6)28(38(46-33)25(7)30-16-21(3)29(43-30)17-34(26)45-32)12-13-37(49)47(8)14-11-15-53-42-41(52)40(51)39(50)36(20-48)54-42/h16-19,24,28,36,39-42,44-45,48,50-52H,9-15,20H2,1-8H3/t24-,28-,36+,39+,40-,41+,42+/m0/s1. The van der Waals surface area contributed by atoms with Gasteiger partial charge >= 0.3 is 0 Å². The third-order valence-corrected chi connectivity index (χ3v) is 11.8. The summed E-state index contributed by atoms with van der Waals surface area (Å²) in [6, 6.07) is 6.59. The Morgan fingerprint density at radius 1 is 0.889 bits per heavy atom. The maximum atomic E-state index is 13.5. The van der Waals surface area contributed by atoms with Crippen LogP contribution in [0, 0.1) is 20.8 Å².